The zero-order valence-electron chi connectivity index (χ0n) is 17.9. The second-order valence-corrected chi connectivity index (χ2v) is 8.99. The number of amides is 2. The molecular formula is C24H26N2O6. The third-order valence-corrected chi connectivity index (χ3v) is 6.39. The number of carbonyl (C=O) groups is 3. The number of aliphatic carboxylic acids is 1. The minimum atomic E-state index is -1.66. The molecule has 32 heavy (non-hydrogen) atoms. The summed E-state index contributed by atoms with van der Waals surface area (Å²) in [6.45, 7) is 3.77. The van der Waals surface area contributed by atoms with E-state index >= 15 is 0 Å². The van der Waals surface area contributed by atoms with Crippen molar-refractivity contribution in [3.8, 4) is 11.5 Å². The number of benzene rings is 2. The molecule has 0 saturated carbocycles. The number of carboxylic acids is 1. The first kappa shape index (κ1) is 21.8. The normalized spacial score (nSPS) is 27.2. The summed E-state index contributed by atoms with van der Waals surface area (Å²) in [7, 11) is 0. The fourth-order valence-corrected chi connectivity index (χ4v) is 5.16. The molecule has 0 bridgehead atoms. The zero-order chi connectivity index (χ0) is 23.2. The predicted octanol–water partition coefficient (Wildman–Crippen LogP) is 2.41. The first-order chi connectivity index (χ1) is 15.2. The van der Waals surface area contributed by atoms with Crippen molar-refractivity contribution in [3.05, 3.63) is 59.7 Å². The number of likely N-dealkylation sites (tertiary alicyclic amines) is 1. The SMILES string of the molecule is CC(C)C[C@]1(C(=O)O)N[C@H](c2ccc(O)cc2O)[C@@H]2C(=O)N(Cc3ccccc3)C(=O)[C@@H]21. The molecule has 2 aromatic carbocycles. The first-order valence-corrected chi connectivity index (χ1v) is 10.6. The number of hydrogen-bond donors (Lipinski definition) is 4. The lowest BCUT2D eigenvalue weighted by Crippen LogP contribution is -2.56. The fraction of sp³-hybridized carbons (Fsp3) is 0.375. The molecule has 2 aliphatic heterocycles. The van der Waals surface area contributed by atoms with Crippen molar-refractivity contribution in [1.29, 1.82) is 0 Å². The van der Waals surface area contributed by atoms with Crippen LogP contribution in [-0.2, 0) is 20.9 Å². The van der Waals surface area contributed by atoms with Crippen molar-refractivity contribution in [2.24, 2.45) is 17.8 Å². The molecule has 0 aromatic heterocycles. The number of nitrogens with one attached hydrogen (secondary N) is 1. The van der Waals surface area contributed by atoms with Gasteiger partial charge >= 0.3 is 5.97 Å². The summed E-state index contributed by atoms with van der Waals surface area (Å²) in [4.78, 5) is 40.7. The highest BCUT2D eigenvalue weighted by Crippen LogP contribution is 2.52. The minimum absolute atomic E-state index is 0.0527. The largest absolute Gasteiger partial charge is 0.508 e. The lowest BCUT2D eigenvalue weighted by atomic mass is 9.75. The molecule has 2 aromatic rings. The molecule has 2 heterocycles. The second kappa shape index (κ2) is 7.94. The van der Waals surface area contributed by atoms with Crippen LogP contribution in [0.15, 0.2) is 48.5 Å². The van der Waals surface area contributed by atoms with Crippen LogP contribution in [0.2, 0.25) is 0 Å². The number of imide groups is 1. The highest BCUT2D eigenvalue weighted by Gasteiger charge is 2.68. The van der Waals surface area contributed by atoms with E-state index in [2.05, 4.69) is 5.32 Å². The highest BCUT2D eigenvalue weighted by molar-refractivity contribution is 6.09. The van der Waals surface area contributed by atoms with Crippen molar-refractivity contribution >= 4 is 17.8 Å². The van der Waals surface area contributed by atoms with Crippen molar-refractivity contribution in [2.45, 2.75) is 38.4 Å². The fourth-order valence-electron chi connectivity index (χ4n) is 5.16. The van der Waals surface area contributed by atoms with E-state index < -0.39 is 41.2 Å². The van der Waals surface area contributed by atoms with Crippen molar-refractivity contribution in [2.75, 3.05) is 0 Å². The van der Waals surface area contributed by atoms with E-state index in [0.29, 0.717) is 0 Å². The smallest absolute Gasteiger partial charge is 0.324 e. The van der Waals surface area contributed by atoms with Gasteiger partial charge in [-0.1, -0.05) is 50.2 Å². The van der Waals surface area contributed by atoms with Gasteiger partial charge in [0.05, 0.1) is 18.4 Å². The Morgan fingerprint density at radius 2 is 1.78 bits per heavy atom. The summed E-state index contributed by atoms with van der Waals surface area (Å²) >= 11 is 0. The number of carbonyl (C=O) groups excluding carboxylic acids is 2. The van der Waals surface area contributed by atoms with Crippen LogP contribution >= 0.6 is 0 Å². The van der Waals surface area contributed by atoms with Gasteiger partial charge in [-0.05, 0) is 24.0 Å². The molecule has 2 aliphatic rings. The molecule has 2 saturated heterocycles. The van der Waals surface area contributed by atoms with Crippen LogP contribution in [0, 0.1) is 17.8 Å². The van der Waals surface area contributed by atoms with E-state index in [4.69, 9.17) is 0 Å². The molecule has 2 fully saturated rings. The van der Waals surface area contributed by atoms with Crippen LogP contribution in [0.5, 0.6) is 11.5 Å². The monoisotopic (exact) mass is 438 g/mol. The van der Waals surface area contributed by atoms with Gasteiger partial charge in [0, 0.05) is 17.7 Å². The third kappa shape index (κ3) is 3.40. The van der Waals surface area contributed by atoms with Crippen LogP contribution in [0.4, 0.5) is 0 Å². The van der Waals surface area contributed by atoms with Gasteiger partial charge in [0.1, 0.15) is 17.0 Å². The molecule has 4 rings (SSSR count). The molecule has 0 spiro atoms. The van der Waals surface area contributed by atoms with E-state index in [9.17, 15) is 29.7 Å². The minimum Gasteiger partial charge on any atom is -0.508 e. The highest BCUT2D eigenvalue weighted by atomic mass is 16.4. The summed E-state index contributed by atoms with van der Waals surface area (Å²) in [5.74, 6) is -4.81. The predicted molar refractivity (Wildman–Crippen MR) is 114 cm³/mol. The van der Waals surface area contributed by atoms with Gasteiger partial charge in [-0.25, -0.2) is 0 Å². The number of fused-ring (bicyclic) bond motifs is 1. The molecule has 8 nitrogen and oxygen atoms in total. The van der Waals surface area contributed by atoms with Gasteiger partial charge in [-0.15, -0.1) is 0 Å². The molecule has 0 radical (unpaired) electrons. The third-order valence-electron chi connectivity index (χ3n) is 6.39. The van der Waals surface area contributed by atoms with Gasteiger partial charge in [0.2, 0.25) is 11.8 Å². The Hall–Kier alpha value is -3.39. The average molecular weight is 438 g/mol. The summed E-state index contributed by atoms with van der Waals surface area (Å²) in [5.41, 5.74) is -0.630. The second-order valence-electron chi connectivity index (χ2n) is 8.99. The summed E-state index contributed by atoms with van der Waals surface area (Å²) in [6.07, 6.45) is 0.136. The Labute approximate surface area is 185 Å². The van der Waals surface area contributed by atoms with Gasteiger partial charge < -0.3 is 15.3 Å². The summed E-state index contributed by atoms with van der Waals surface area (Å²) in [6, 6.07) is 12.1. The van der Waals surface area contributed by atoms with Crippen LogP contribution in [-0.4, -0.2) is 43.5 Å². The zero-order valence-corrected chi connectivity index (χ0v) is 17.9. The molecule has 2 amide bonds. The Kier molecular flexibility index (Phi) is 5.42. The van der Waals surface area contributed by atoms with E-state index in [-0.39, 0.29) is 35.9 Å². The number of phenolic OH excluding ortho intramolecular Hbond substituents is 2. The van der Waals surface area contributed by atoms with Crippen molar-refractivity contribution in [3.63, 3.8) is 0 Å². The maximum atomic E-state index is 13.5. The number of phenols is 2. The molecule has 4 atom stereocenters. The van der Waals surface area contributed by atoms with Gasteiger partial charge in [-0.3, -0.25) is 24.6 Å². The summed E-state index contributed by atoms with van der Waals surface area (Å²) < 4.78 is 0. The van der Waals surface area contributed by atoms with Crippen molar-refractivity contribution < 1.29 is 29.7 Å². The topological polar surface area (TPSA) is 127 Å². The molecule has 0 aliphatic carbocycles. The molecule has 168 valence electrons. The van der Waals surface area contributed by atoms with Gasteiger partial charge in [-0.2, -0.15) is 0 Å². The van der Waals surface area contributed by atoms with E-state index in [0.717, 1.165) is 16.5 Å². The Morgan fingerprint density at radius 3 is 2.38 bits per heavy atom. The standard InChI is InChI=1S/C24H26N2O6/c1-13(2)11-24(23(31)32)19-18(20(25-24)16-9-8-15(27)10-17(16)28)21(29)26(22(19)30)12-14-6-4-3-5-7-14/h3-10,13,18-20,25,27-28H,11-12H2,1-2H3,(H,31,32)/t18-,19-,20-,24+/m1/s1. The lowest BCUT2D eigenvalue weighted by Gasteiger charge is -2.32. The molecule has 0 unspecified atom stereocenters. The van der Waals surface area contributed by atoms with E-state index in [1.54, 1.807) is 24.3 Å². The maximum Gasteiger partial charge on any atom is 0.324 e. The van der Waals surface area contributed by atoms with E-state index in [1.807, 2.05) is 19.9 Å². The van der Waals surface area contributed by atoms with Crippen molar-refractivity contribution in [1.82, 2.24) is 10.2 Å². The molecule has 4 N–H and O–H groups in total. The van der Waals surface area contributed by atoms with Crippen LogP contribution in [0.1, 0.15) is 37.4 Å². The lowest BCUT2D eigenvalue weighted by molar-refractivity contribution is -0.152. The Morgan fingerprint density at radius 1 is 1.09 bits per heavy atom. The maximum absolute atomic E-state index is 13.5. The van der Waals surface area contributed by atoms with Crippen LogP contribution < -0.4 is 5.32 Å². The Bertz CT molecular complexity index is 1070. The number of hydrogen-bond acceptors (Lipinski definition) is 6. The average Bonchev–Trinajstić information content (AvgIpc) is 3.18. The number of rotatable bonds is 6. The Balaban J connectivity index is 1.82. The first-order valence-electron chi connectivity index (χ1n) is 10.6. The quantitative estimate of drug-likeness (QED) is 0.510. The van der Waals surface area contributed by atoms with Gasteiger partial charge in [0.25, 0.3) is 0 Å². The number of nitrogens with zero attached hydrogens (tertiary/aromatic N) is 1. The van der Waals surface area contributed by atoms with E-state index in [1.165, 1.54) is 12.1 Å². The number of carboxylic acid groups (broad SMARTS) is 1. The van der Waals surface area contributed by atoms with Crippen LogP contribution in [0.25, 0.3) is 0 Å². The number of aromatic hydroxyl groups is 2. The molecule has 8 heteroatoms. The summed E-state index contributed by atoms with van der Waals surface area (Å²) in [5, 5.41) is 33.5. The van der Waals surface area contributed by atoms with Crippen LogP contribution in [0.3, 0.4) is 0 Å². The molecular weight excluding hydrogens is 412 g/mol. The van der Waals surface area contributed by atoms with Gasteiger partial charge in [0.15, 0.2) is 0 Å².